The van der Waals surface area contributed by atoms with Crippen LogP contribution in [0.3, 0.4) is 0 Å². The quantitative estimate of drug-likeness (QED) is 0.804. The third-order valence-electron chi connectivity index (χ3n) is 4.37. The first kappa shape index (κ1) is 18.7. The van der Waals surface area contributed by atoms with Crippen LogP contribution in [0.1, 0.15) is 36.2 Å². The average Bonchev–Trinajstić information content (AvgIpc) is 2.62. The highest BCUT2D eigenvalue weighted by Gasteiger charge is 2.22. The Bertz CT molecular complexity index is 694. The molecule has 2 aromatic carbocycles. The Kier molecular flexibility index (Phi) is 6.75. The number of rotatable bonds is 7. The van der Waals surface area contributed by atoms with Crippen molar-refractivity contribution >= 4 is 17.5 Å². The summed E-state index contributed by atoms with van der Waals surface area (Å²) in [5.41, 5.74) is 2.53. The molecule has 0 fully saturated rings. The number of amides is 2. The molecule has 1 atom stereocenters. The predicted octanol–water partition coefficient (Wildman–Crippen LogP) is 3.89. The lowest BCUT2D eigenvalue weighted by atomic mass is 9.88. The molecule has 1 unspecified atom stereocenters. The molecule has 0 radical (unpaired) electrons. The first-order valence-electron chi connectivity index (χ1n) is 8.68. The summed E-state index contributed by atoms with van der Waals surface area (Å²) in [5.74, 6) is 0.0899. The molecule has 0 bridgehead atoms. The number of anilines is 1. The SMILES string of the molecule is CNC(=O)c1ccc(NC(=O)C(CCc2ccccc2)C(C)C)cc1. The van der Waals surface area contributed by atoms with E-state index in [9.17, 15) is 9.59 Å². The van der Waals surface area contributed by atoms with Crippen molar-refractivity contribution in [2.75, 3.05) is 12.4 Å². The Morgan fingerprint density at radius 3 is 2.16 bits per heavy atom. The van der Waals surface area contributed by atoms with E-state index in [0.717, 1.165) is 12.8 Å². The summed E-state index contributed by atoms with van der Waals surface area (Å²) in [6.07, 6.45) is 1.69. The Morgan fingerprint density at radius 1 is 0.960 bits per heavy atom. The molecule has 0 aliphatic rings. The lowest BCUT2D eigenvalue weighted by molar-refractivity contribution is -0.121. The van der Waals surface area contributed by atoms with Gasteiger partial charge in [-0.2, -0.15) is 0 Å². The van der Waals surface area contributed by atoms with E-state index >= 15 is 0 Å². The Morgan fingerprint density at radius 2 is 1.60 bits per heavy atom. The molecule has 25 heavy (non-hydrogen) atoms. The number of hydrogen-bond acceptors (Lipinski definition) is 2. The molecule has 4 heteroatoms. The van der Waals surface area contributed by atoms with Gasteiger partial charge in [0.1, 0.15) is 0 Å². The van der Waals surface area contributed by atoms with Gasteiger partial charge in [-0.05, 0) is 48.6 Å². The van der Waals surface area contributed by atoms with E-state index in [0.29, 0.717) is 11.3 Å². The van der Waals surface area contributed by atoms with Gasteiger partial charge in [-0.3, -0.25) is 9.59 Å². The number of aryl methyl sites for hydroxylation is 1. The molecule has 0 aliphatic carbocycles. The zero-order chi connectivity index (χ0) is 18.2. The molecule has 0 saturated heterocycles. The molecule has 0 heterocycles. The minimum atomic E-state index is -0.138. The molecule has 2 amide bonds. The van der Waals surface area contributed by atoms with Crippen LogP contribution >= 0.6 is 0 Å². The van der Waals surface area contributed by atoms with Crippen LogP contribution in [0, 0.1) is 11.8 Å². The van der Waals surface area contributed by atoms with E-state index in [4.69, 9.17) is 0 Å². The van der Waals surface area contributed by atoms with Crippen LogP contribution in [0.5, 0.6) is 0 Å². The van der Waals surface area contributed by atoms with Crippen molar-refractivity contribution < 1.29 is 9.59 Å². The first-order valence-corrected chi connectivity index (χ1v) is 8.68. The summed E-state index contributed by atoms with van der Waals surface area (Å²) in [6, 6.07) is 17.2. The number of carbonyl (C=O) groups excluding carboxylic acids is 2. The average molecular weight is 338 g/mol. The minimum Gasteiger partial charge on any atom is -0.355 e. The summed E-state index contributed by atoms with van der Waals surface area (Å²) in [5, 5.41) is 5.55. The summed E-state index contributed by atoms with van der Waals surface area (Å²) in [4.78, 5) is 24.2. The van der Waals surface area contributed by atoms with Crippen molar-refractivity contribution in [3.05, 3.63) is 65.7 Å². The van der Waals surface area contributed by atoms with Gasteiger partial charge in [-0.15, -0.1) is 0 Å². The molecule has 0 spiro atoms. The van der Waals surface area contributed by atoms with Crippen molar-refractivity contribution in [1.82, 2.24) is 5.32 Å². The number of hydrogen-bond donors (Lipinski definition) is 2. The highest BCUT2D eigenvalue weighted by molar-refractivity contribution is 5.96. The molecule has 4 nitrogen and oxygen atoms in total. The van der Waals surface area contributed by atoms with Crippen LogP contribution in [-0.4, -0.2) is 18.9 Å². The Hall–Kier alpha value is -2.62. The molecule has 2 rings (SSSR count). The van der Waals surface area contributed by atoms with E-state index in [-0.39, 0.29) is 23.7 Å². The molecule has 2 N–H and O–H groups in total. The van der Waals surface area contributed by atoms with E-state index in [2.05, 4.69) is 36.6 Å². The second-order valence-electron chi connectivity index (χ2n) is 6.52. The summed E-state index contributed by atoms with van der Waals surface area (Å²) >= 11 is 0. The molecule has 2 aromatic rings. The normalized spacial score (nSPS) is 11.8. The van der Waals surface area contributed by atoms with Gasteiger partial charge in [0.05, 0.1) is 0 Å². The number of nitrogens with one attached hydrogen (secondary N) is 2. The van der Waals surface area contributed by atoms with Crippen LogP contribution < -0.4 is 10.6 Å². The fraction of sp³-hybridized carbons (Fsp3) is 0.333. The largest absolute Gasteiger partial charge is 0.355 e. The van der Waals surface area contributed by atoms with Crippen LogP contribution in [0.25, 0.3) is 0 Å². The fourth-order valence-electron chi connectivity index (χ4n) is 2.82. The maximum atomic E-state index is 12.7. The molecule has 132 valence electrons. The maximum absolute atomic E-state index is 12.7. The van der Waals surface area contributed by atoms with Crippen molar-refractivity contribution in [2.45, 2.75) is 26.7 Å². The van der Waals surface area contributed by atoms with Gasteiger partial charge in [-0.1, -0.05) is 44.2 Å². The van der Waals surface area contributed by atoms with Crippen LogP contribution in [0.4, 0.5) is 5.69 Å². The van der Waals surface area contributed by atoms with Gasteiger partial charge in [-0.25, -0.2) is 0 Å². The lowest BCUT2D eigenvalue weighted by Gasteiger charge is -2.20. The molecular formula is C21H26N2O2. The number of benzene rings is 2. The highest BCUT2D eigenvalue weighted by atomic mass is 16.2. The van der Waals surface area contributed by atoms with Crippen LogP contribution in [-0.2, 0) is 11.2 Å². The third kappa shape index (κ3) is 5.45. The van der Waals surface area contributed by atoms with Crippen LogP contribution in [0.2, 0.25) is 0 Å². The standard InChI is InChI=1S/C21H26N2O2/c1-15(2)19(14-9-16-7-5-4-6-8-16)21(25)23-18-12-10-17(11-13-18)20(24)22-3/h4-8,10-13,15,19H,9,14H2,1-3H3,(H,22,24)(H,23,25). The predicted molar refractivity (Wildman–Crippen MR) is 102 cm³/mol. The first-order chi connectivity index (χ1) is 12.0. The van der Waals surface area contributed by atoms with E-state index in [1.165, 1.54) is 5.56 Å². The Labute approximate surface area is 149 Å². The zero-order valence-electron chi connectivity index (χ0n) is 15.1. The molecule has 0 saturated carbocycles. The van der Waals surface area contributed by atoms with Gasteiger partial charge in [0, 0.05) is 24.2 Å². The topological polar surface area (TPSA) is 58.2 Å². The van der Waals surface area contributed by atoms with Gasteiger partial charge in [0.15, 0.2) is 0 Å². The summed E-state index contributed by atoms with van der Waals surface area (Å²) in [7, 11) is 1.60. The zero-order valence-corrected chi connectivity index (χ0v) is 15.1. The van der Waals surface area contributed by atoms with Crippen LogP contribution in [0.15, 0.2) is 54.6 Å². The van der Waals surface area contributed by atoms with Crippen molar-refractivity contribution in [3.8, 4) is 0 Å². The molecule has 0 aromatic heterocycles. The summed E-state index contributed by atoms with van der Waals surface area (Å²) < 4.78 is 0. The van der Waals surface area contributed by atoms with E-state index in [1.54, 1.807) is 31.3 Å². The van der Waals surface area contributed by atoms with Gasteiger partial charge in [0.25, 0.3) is 5.91 Å². The smallest absolute Gasteiger partial charge is 0.251 e. The van der Waals surface area contributed by atoms with Gasteiger partial charge < -0.3 is 10.6 Å². The van der Waals surface area contributed by atoms with Crippen molar-refractivity contribution in [3.63, 3.8) is 0 Å². The van der Waals surface area contributed by atoms with E-state index < -0.39 is 0 Å². The fourth-order valence-corrected chi connectivity index (χ4v) is 2.82. The van der Waals surface area contributed by atoms with Crippen molar-refractivity contribution in [1.29, 1.82) is 0 Å². The monoisotopic (exact) mass is 338 g/mol. The third-order valence-corrected chi connectivity index (χ3v) is 4.37. The highest BCUT2D eigenvalue weighted by Crippen LogP contribution is 2.21. The maximum Gasteiger partial charge on any atom is 0.251 e. The number of carbonyl (C=O) groups is 2. The minimum absolute atomic E-state index is 0.0265. The second kappa shape index (κ2) is 9.02. The van der Waals surface area contributed by atoms with Crippen molar-refractivity contribution in [2.24, 2.45) is 11.8 Å². The molecular weight excluding hydrogens is 312 g/mol. The second-order valence-corrected chi connectivity index (χ2v) is 6.52. The lowest BCUT2D eigenvalue weighted by Crippen LogP contribution is -2.27. The molecule has 0 aliphatic heterocycles. The Balaban J connectivity index is 1.98. The van der Waals surface area contributed by atoms with Gasteiger partial charge in [0.2, 0.25) is 5.91 Å². The summed E-state index contributed by atoms with van der Waals surface area (Å²) in [6.45, 7) is 4.15. The van der Waals surface area contributed by atoms with Gasteiger partial charge >= 0.3 is 0 Å². The van der Waals surface area contributed by atoms with E-state index in [1.807, 2.05) is 18.2 Å².